The number of hydrogen-bond donors (Lipinski definition) is 1. The Morgan fingerprint density at radius 1 is 1.00 bits per heavy atom. The lowest BCUT2D eigenvalue weighted by molar-refractivity contribution is -0.192. The van der Waals surface area contributed by atoms with Crippen LogP contribution in [-0.2, 0) is 14.3 Å². The fourth-order valence-electron chi connectivity index (χ4n) is 0.534. The predicted octanol–water partition coefficient (Wildman–Crippen LogP) is 3.84. The molecule has 1 aromatic rings. The summed E-state index contributed by atoms with van der Waals surface area (Å²) in [4.78, 5) is 17.6. The van der Waals surface area contributed by atoms with Crippen LogP contribution in [0.5, 0.6) is 0 Å². The van der Waals surface area contributed by atoms with E-state index in [9.17, 15) is 26.3 Å². The lowest BCUT2D eigenvalue weighted by Crippen LogP contribution is -2.21. The summed E-state index contributed by atoms with van der Waals surface area (Å²) >= 11 is 0. The third-order valence-electron chi connectivity index (χ3n) is 1.32. The van der Waals surface area contributed by atoms with E-state index >= 15 is 0 Å². The van der Waals surface area contributed by atoms with Crippen molar-refractivity contribution in [3.8, 4) is 0 Å². The summed E-state index contributed by atoms with van der Waals surface area (Å²) in [6.07, 6.45) is -10.8. The van der Waals surface area contributed by atoms with Crippen LogP contribution in [0.15, 0.2) is 30.3 Å². The summed E-state index contributed by atoms with van der Waals surface area (Å²) in [5.74, 6) is -2.76. The summed E-state index contributed by atoms with van der Waals surface area (Å²) in [7, 11) is 3.25. The fraction of sp³-hybridized carbons (Fsp3) is 0.467. The largest absolute Gasteiger partial charge is 0.490 e. The molecule has 0 spiro atoms. The van der Waals surface area contributed by atoms with Gasteiger partial charge in [-0.15, -0.1) is 0 Å². The van der Waals surface area contributed by atoms with Gasteiger partial charge in [0.1, 0.15) is 0 Å². The Kier molecular flexibility index (Phi) is 28.2. The molecule has 0 saturated heterocycles. The predicted molar refractivity (Wildman–Crippen MR) is 84.9 cm³/mol. The number of aldehydes is 1. The first-order valence-electron chi connectivity index (χ1n) is 6.56. The van der Waals surface area contributed by atoms with E-state index in [0.29, 0.717) is 0 Å². The van der Waals surface area contributed by atoms with Crippen molar-refractivity contribution in [1.82, 2.24) is 0 Å². The number of alkyl halides is 6. The van der Waals surface area contributed by atoms with Gasteiger partial charge in [0.05, 0.1) is 0 Å². The minimum absolute atomic E-state index is 0. The molecule has 26 heavy (non-hydrogen) atoms. The molecule has 0 aromatic heterocycles. The quantitative estimate of drug-likeness (QED) is 0.531. The van der Waals surface area contributed by atoms with Crippen molar-refractivity contribution < 1.29 is 51.3 Å². The molecule has 0 aliphatic carbocycles. The van der Waals surface area contributed by atoms with Crippen LogP contribution in [0, 0.1) is 6.92 Å². The van der Waals surface area contributed by atoms with E-state index in [0.717, 1.165) is 0 Å². The number of aryl methyl sites for hydroxylation is 1. The molecule has 0 fully saturated rings. The molecule has 0 unspecified atom stereocenters. The van der Waals surface area contributed by atoms with Gasteiger partial charge >= 0.3 is 18.3 Å². The van der Waals surface area contributed by atoms with Crippen molar-refractivity contribution in [2.24, 2.45) is 0 Å². The van der Waals surface area contributed by atoms with Crippen molar-refractivity contribution in [1.29, 1.82) is 0 Å². The van der Waals surface area contributed by atoms with Crippen molar-refractivity contribution in [3.05, 3.63) is 35.9 Å². The Hall–Kier alpha value is -2.14. The van der Waals surface area contributed by atoms with E-state index in [1.54, 1.807) is 14.2 Å². The summed E-state index contributed by atoms with van der Waals surface area (Å²) in [6, 6.07) is 10.3. The van der Waals surface area contributed by atoms with Crippen molar-refractivity contribution in [3.63, 3.8) is 0 Å². The molecule has 0 aliphatic rings. The highest BCUT2D eigenvalue weighted by atomic mass is 19.4. The van der Waals surface area contributed by atoms with Crippen LogP contribution < -0.4 is 0 Å². The summed E-state index contributed by atoms with van der Waals surface area (Å²) in [5, 5.41) is 7.12. The van der Waals surface area contributed by atoms with E-state index in [2.05, 4.69) is 23.8 Å². The zero-order valence-electron chi connectivity index (χ0n) is 14.9. The summed E-state index contributed by atoms with van der Waals surface area (Å²) in [5.41, 5.74) is 1.32. The minimum Gasteiger partial charge on any atom is -0.475 e. The first-order valence-corrected chi connectivity index (χ1v) is 6.56. The van der Waals surface area contributed by atoms with Crippen LogP contribution in [0.2, 0.25) is 0 Å². The van der Waals surface area contributed by atoms with Gasteiger partial charge in [0.15, 0.2) is 0 Å². The molecule has 0 saturated carbocycles. The average Bonchev–Trinajstić information content (AvgIpc) is 2.50. The number of carbonyl (C=O) groups is 2. The van der Waals surface area contributed by atoms with E-state index in [-0.39, 0.29) is 5.48 Å². The highest BCUT2D eigenvalue weighted by molar-refractivity contribution is 5.73. The molecule has 156 valence electrons. The van der Waals surface area contributed by atoms with Gasteiger partial charge in [-0.3, -0.25) is 4.79 Å². The molecule has 5 nitrogen and oxygen atoms in total. The number of hydrogen-bond acceptors (Lipinski definition) is 3. The lowest BCUT2D eigenvalue weighted by atomic mass is 10.2. The summed E-state index contributed by atoms with van der Waals surface area (Å²) in [6.45, 7) is 6.08. The smallest absolute Gasteiger partial charge is 0.475 e. The van der Waals surface area contributed by atoms with E-state index in [1.165, 1.54) is 5.56 Å². The van der Waals surface area contributed by atoms with E-state index in [4.69, 9.17) is 14.7 Å². The van der Waals surface area contributed by atoms with Gasteiger partial charge in [0.25, 0.3) is 0 Å². The van der Waals surface area contributed by atoms with Crippen LogP contribution in [-0.4, -0.2) is 49.4 Å². The van der Waals surface area contributed by atoms with Crippen LogP contribution in [0.25, 0.3) is 0 Å². The number of rotatable bonds is 0. The highest BCUT2D eigenvalue weighted by Gasteiger charge is 2.38. The molecule has 0 radical (unpaired) electrons. The molecule has 1 aromatic carbocycles. The van der Waals surface area contributed by atoms with Gasteiger partial charge in [-0.05, 0) is 6.92 Å². The standard InChI is InChI=1S/C7H8.C2HF3O2.C2HF3O.C2H6O.C2H6.H2O/c1-7-5-3-2-4-6-7;3-2(4,5)1(6)7;3-2(4,5)1-6;1-3-2;1-2;/h2-6H,1H3;(H,6,7);1H;1-2H3;1-2H3;1H2. The van der Waals surface area contributed by atoms with E-state index in [1.807, 2.05) is 32.0 Å². The molecule has 1 rings (SSSR count). The molecular formula is C15H24F6O5. The molecular weight excluding hydrogens is 374 g/mol. The summed E-state index contributed by atoms with van der Waals surface area (Å²) < 4.78 is 67.2. The Morgan fingerprint density at radius 2 is 1.23 bits per heavy atom. The van der Waals surface area contributed by atoms with Crippen LogP contribution in [0.4, 0.5) is 26.3 Å². The zero-order valence-corrected chi connectivity index (χ0v) is 14.9. The maximum Gasteiger partial charge on any atom is 0.490 e. The second-order valence-corrected chi connectivity index (χ2v) is 3.53. The second-order valence-electron chi connectivity index (χ2n) is 3.53. The van der Waals surface area contributed by atoms with Gasteiger partial charge in [0.2, 0.25) is 6.29 Å². The number of carbonyl (C=O) groups excluding carboxylic acids is 1. The number of benzene rings is 1. The zero-order chi connectivity index (χ0) is 21.1. The van der Waals surface area contributed by atoms with Gasteiger partial charge in [0, 0.05) is 14.2 Å². The Balaban J connectivity index is -0.0000000744. The SMILES string of the molecule is CC.COC.Cc1ccccc1.O.O=C(O)C(F)(F)F.O=CC(F)(F)F. The van der Waals surface area contributed by atoms with Gasteiger partial charge in [-0.1, -0.05) is 49.7 Å². The number of halogens is 6. The number of aliphatic carboxylic acids is 1. The first-order chi connectivity index (χ1) is 11.3. The molecule has 11 heteroatoms. The van der Waals surface area contributed by atoms with Crippen molar-refractivity contribution >= 4 is 12.3 Å². The number of ether oxygens (including phenoxy) is 1. The van der Waals surface area contributed by atoms with E-state index < -0.39 is 24.6 Å². The molecule has 0 heterocycles. The monoisotopic (exact) mass is 398 g/mol. The maximum atomic E-state index is 10.6. The number of methoxy groups -OCH3 is 1. The third kappa shape index (κ3) is 43.1. The van der Waals surface area contributed by atoms with Crippen molar-refractivity contribution in [2.45, 2.75) is 33.1 Å². The molecule has 0 aliphatic heterocycles. The second kappa shape index (κ2) is 20.9. The van der Waals surface area contributed by atoms with Crippen LogP contribution >= 0.6 is 0 Å². The Labute approximate surface area is 147 Å². The number of carboxylic acid groups (broad SMARTS) is 1. The van der Waals surface area contributed by atoms with Crippen molar-refractivity contribution in [2.75, 3.05) is 14.2 Å². The molecule has 3 N–H and O–H groups in total. The molecule has 0 amide bonds. The lowest BCUT2D eigenvalue weighted by Gasteiger charge is -1.93. The van der Waals surface area contributed by atoms with Gasteiger partial charge in [-0.2, -0.15) is 26.3 Å². The minimum atomic E-state index is -5.08. The van der Waals surface area contributed by atoms with Crippen LogP contribution in [0.1, 0.15) is 19.4 Å². The highest BCUT2D eigenvalue weighted by Crippen LogP contribution is 2.13. The normalized spacial score (nSPS) is 8.88. The fourth-order valence-corrected chi connectivity index (χ4v) is 0.534. The molecule has 0 bridgehead atoms. The van der Waals surface area contributed by atoms with Gasteiger partial charge < -0.3 is 15.3 Å². The Bertz CT molecular complexity index is 419. The molecule has 0 atom stereocenters. The first kappa shape index (κ1) is 35.1. The third-order valence-corrected chi connectivity index (χ3v) is 1.32. The van der Waals surface area contributed by atoms with Gasteiger partial charge in [-0.25, -0.2) is 4.79 Å². The number of carboxylic acids is 1. The average molecular weight is 398 g/mol. The van der Waals surface area contributed by atoms with Crippen LogP contribution in [0.3, 0.4) is 0 Å². The topological polar surface area (TPSA) is 95.1 Å². The Morgan fingerprint density at radius 3 is 1.31 bits per heavy atom. The maximum absolute atomic E-state index is 10.6.